The Bertz CT molecular complexity index is 217. The molecule has 0 aromatic carbocycles. The third kappa shape index (κ3) is 3.69. The second-order valence-corrected chi connectivity index (χ2v) is 6.21. The lowest BCUT2D eigenvalue weighted by Gasteiger charge is -2.44. The maximum Gasteiger partial charge on any atom is 0.0110 e. The molecule has 2 aliphatic rings. The molecule has 0 aromatic rings. The van der Waals surface area contributed by atoms with Gasteiger partial charge in [0.1, 0.15) is 0 Å². The van der Waals surface area contributed by atoms with Gasteiger partial charge in [-0.2, -0.15) is 0 Å². The van der Waals surface area contributed by atoms with Crippen LogP contribution in [-0.2, 0) is 0 Å². The van der Waals surface area contributed by atoms with Gasteiger partial charge in [0.05, 0.1) is 0 Å². The van der Waals surface area contributed by atoms with Crippen molar-refractivity contribution < 1.29 is 0 Å². The lowest BCUT2D eigenvalue weighted by atomic mass is 9.84. The van der Waals surface area contributed by atoms with E-state index in [-0.39, 0.29) is 0 Å². The molecule has 0 aromatic heterocycles. The highest BCUT2D eigenvalue weighted by Crippen LogP contribution is 2.32. The maximum absolute atomic E-state index is 3.32. The Kier molecular flexibility index (Phi) is 5.30. The topological polar surface area (TPSA) is 15.3 Å². The van der Waals surface area contributed by atoms with Gasteiger partial charge in [-0.3, -0.25) is 4.90 Å². The molecule has 1 aliphatic heterocycles. The van der Waals surface area contributed by atoms with Crippen LogP contribution in [0.4, 0.5) is 0 Å². The van der Waals surface area contributed by atoms with Crippen molar-refractivity contribution >= 4 is 0 Å². The number of nitrogens with zero attached hydrogens (tertiary/aromatic N) is 1. The standard InChI is InChI=1S/C15H30N2/c1-13-6-5-8-15(12-13)17-11-4-3-7-14(17)9-10-16-2/h13-16H,3-12H2,1-2H3. The highest BCUT2D eigenvalue weighted by molar-refractivity contribution is 4.86. The van der Waals surface area contributed by atoms with Crippen molar-refractivity contribution in [3.63, 3.8) is 0 Å². The van der Waals surface area contributed by atoms with E-state index in [1.54, 1.807) is 0 Å². The molecular weight excluding hydrogens is 208 g/mol. The Morgan fingerprint density at radius 1 is 1.12 bits per heavy atom. The van der Waals surface area contributed by atoms with Crippen molar-refractivity contribution in [2.45, 2.75) is 70.4 Å². The summed E-state index contributed by atoms with van der Waals surface area (Å²) in [5.41, 5.74) is 0. The minimum absolute atomic E-state index is 0.867. The van der Waals surface area contributed by atoms with E-state index in [1.807, 2.05) is 0 Å². The van der Waals surface area contributed by atoms with Crippen molar-refractivity contribution in [3.8, 4) is 0 Å². The molecule has 2 heteroatoms. The van der Waals surface area contributed by atoms with E-state index in [0.717, 1.165) is 18.0 Å². The molecule has 3 unspecified atom stereocenters. The van der Waals surface area contributed by atoms with Crippen LogP contribution in [0.1, 0.15) is 58.3 Å². The minimum Gasteiger partial charge on any atom is -0.320 e. The van der Waals surface area contributed by atoms with Crippen LogP contribution >= 0.6 is 0 Å². The zero-order valence-corrected chi connectivity index (χ0v) is 11.8. The van der Waals surface area contributed by atoms with Crippen LogP contribution in [0, 0.1) is 5.92 Å². The van der Waals surface area contributed by atoms with E-state index in [1.165, 1.54) is 64.5 Å². The lowest BCUT2D eigenvalue weighted by molar-refractivity contribution is 0.0569. The van der Waals surface area contributed by atoms with Gasteiger partial charge in [0, 0.05) is 12.1 Å². The summed E-state index contributed by atoms with van der Waals surface area (Å²) in [6.07, 6.45) is 11.5. The van der Waals surface area contributed by atoms with Gasteiger partial charge in [-0.1, -0.05) is 26.2 Å². The molecule has 2 fully saturated rings. The van der Waals surface area contributed by atoms with Crippen molar-refractivity contribution in [1.29, 1.82) is 0 Å². The van der Waals surface area contributed by atoms with Gasteiger partial charge in [-0.15, -0.1) is 0 Å². The summed E-state index contributed by atoms with van der Waals surface area (Å²) in [5, 5.41) is 3.32. The Labute approximate surface area is 107 Å². The average Bonchev–Trinajstić information content (AvgIpc) is 2.37. The third-order valence-electron chi connectivity index (χ3n) is 4.78. The second kappa shape index (κ2) is 6.75. The van der Waals surface area contributed by atoms with Crippen molar-refractivity contribution in [1.82, 2.24) is 10.2 Å². The fourth-order valence-electron chi connectivity index (χ4n) is 3.83. The van der Waals surface area contributed by atoms with E-state index in [4.69, 9.17) is 0 Å². The number of hydrogen-bond donors (Lipinski definition) is 1. The molecule has 1 saturated carbocycles. The number of nitrogens with one attached hydrogen (secondary N) is 1. The first-order chi connectivity index (χ1) is 8.31. The summed E-state index contributed by atoms with van der Waals surface area (Å²) in [6.45, 7) is 4.99. The molecule has 1 aliphatic carbocycles. The summed E-state index contributed by atoms with van der Waals surface area (Å²) in [7, 11) is 2.08. The summed E-state index contributed by atoms with van der Waals surface area (Å²) in [6, 6.07) is 1.77. The zero-order valence-electron chi connectivity index (χ0n) is 11.8. The van der Waals surface area contributed by atoms with Crippen LogP contribution in [0.25, 0.3) is 0 Å². The third-order valence-corrected chi connectivity index (χ3v) is 4.78. The van der Waals surface area contributed by atoms with Gasteiger partial charge in [-0.25, -0.2) is 0 Å². The van der Waals surface area contributed by atoms with E-state index in [9.17, 15) is 0 Å². The monoisotopic (exact) mass is 238 g/mol. The van der Waals surface area contributed by atoms with E-state index >= 15 is 0 Å². The van der Waals surface area contributed by atoms with Gasteiger partial charge < -0.3 is 5.32 Å². The second-order valence-electron chi connectivity index (χ2n) is 6.21. The molecule has 2 nitrogen and oxygen atoms in total. The van der Waals surface area contributed by atoms with Gasteiger partial charge in [-0.05, 0) is 58.2 Å². The predicted molar refractivity (Wildman–Crippen MR) is 74.3 cm³/mol. The minimum atomic E-state index is 0.867. The molecular formula is C15H30N2. The van der Waals surface area contributed by atoms with Crippen LogP contribution in [0.15, 0.2) is 0 Å². The maximum atomic E-state index is 3.32. The van der Waals surface area contributed by atoms with Gasteiger partial charge in [0.2, 0.25) is 0 Å². The zero-order chi connectivity index (χ0) is 12.1. The SMILES string of the molecule is CNCCC1CCCCN1C1CCCC(C)C1. The number of piperidine rings is 1. The Morgan fingerprint density at radius 2 is 2.00 bits per heavy atom. The normalized spacial score (nSPS) is 36.0. The van der Waals surface area contributed by atoms with Crippen molar-refractivity contribution in [3.05, 3.63) is 0 Å². The van der Waals surface area contributed by atoms with E-state index < -0.39 is 0 Å². The first-order valence-corrected chi connectivity index (χ1v) is 7.71. The molecule has 17 heavy (non-hydrogen) atoms. The van der Waals surface area contributed by atoms with E-state index in [0.29, 0.717) is 0 Å². The Morgan fingerprint density at radius 3 is 2.76 bits per heavy atom. The van der Waals surface area contributed by atoms with E-state index in [2.05, 4.69) is 24.2 Å². The predicted octanol–water partition coefficient (Wildman–Crippen LogP) is 3.03. The average molecular weight is 238 g/mol. The quantitative estimate of drug-likeness (QED) is 0.810. The molecule has 1 heterocycles. The largest absolute Gasteiger partial charge is 0.320 e. The molecule has 0 amide bonds. The van der Waals surface area contributed by atoms with Gasteiger partial charge >= 0.3 is 0 Å². The van der Waals surface area contributed by atoms with Crippen molar-refractivity contribution in [2.75, 3.05) is 20.1 Å². The van der Waals surface area contributed by atoms with Crippen LogP contribution in [0.2, 0.25) is 0 Å². The van der Waals surface area contributed by atoms with Gasteiger partial charge in [0.15, 0.2) is 0 Å². The molecule has 1 saturated heterocycles. The lowest BCUT2D eigenvalue weighted by Crippen LogP contribution is -2.48. The Balaban J connectivity index is 1.90. The molecule has 0 bridgehead atoms. The fourth-order valence-corrected chi connectivity index (χ4v) is 3.83. The number of rotatable bonds is 4. The highest BCUT2D eigenvalue weighted by atomic mass is 15.2. The van der Waals surface area contributed by atoms with Crippen LogP contribution in [0.5, 0.6) is 0 Å². The molecule has 100 valence electrons. The number of hydrogen-bond acceptors (Lipinski definition) is 2. The molecule has 1 N–H and O–H groups in total. The summed E-state index contributed by atoms with van der Waals surface area (Å²) in [4.78, 5) is 2.87. The highest BCUT2D eigenvalue weighted by Gasteiger charge is 2.30. The summed E-state index contributed by atoms with van der Waals surface area (Å²) < 4.78 is 0. The van der Waals surface area contributed by atoms with Crippen LogP contribution in [0.3, 0.4) is 0 Å². The first kappa shape index (κ1) is 13.4. The van der Waals surface area contributed by atoms with Gasteiger partial charge in [0.25, 0.3) is 0 Å². The van der Waals surface area contributed by atoms with Crippen LogP contribution in [-0.4, -0.2) is 37.1 Å². The summed E-state index contributed by atoms with van der Waals surface area (Å²) >= 11 is 0. The van der Waals surface area contributed by atoms with Crippen molar-refractivity contribution in [2.24, 2.45) is 5.92 Å². The molecule has 2 rings (SSSR count). The smallest absolute Gasteiger partial charge is 0.0110 e. The summed E-state index contributed by atoms with van der Waals surface area (Å²) in [5.74, 6) is 0.959. The first-order valence-electron chi connectivity index (χ1n) is 7.71. The molecule has 3 atom stereocenters. The molecule has 0 radical (unpaired) electrons. The van der Waals surface area contributed by atoms with Crippen LogP contribution < -0.4 is 5.32 Å². The fraction of sp³-hybridized carbons (Fsp3) is 1.00. The molecule has 0 spiro atoms. The number of likely N-dealkylation sites (tertiary alicyclic amines) is 1. The Hall–Kier alpha value is -0.0800.